The van der Waals surface area contributed by atoms with Gasteiger partial charge in [-0.2, -0.15) is 0 Å². The molecule has 1 aliphatic heterocycles. The third kappa shape index (κ3) is 7.28. The van der Waals surface area contributed by atoms with Gasteiger partial charge in [0, 0.05) is 17.2 Å². The van der Waals surface area contributed by atoms with Gasteiger partial charge in [-0.1, -0.05) is 53.6 Å². The SMILES string of the molecule is [N-]=[N+]=NC1(COP(=O)(NCC(=O)OCc2ccccc2)Oc2ccccc2)O[C@@H](n2ccc(=O)[nH]c2=O)[C@@H](O)[C@H]1O. The summed E-state index contributed by atoms with van der Waals surface area (Å²) >= 11 is 0. The summed E-state index contributed by atoms with van der Waals surface area (Å²) in [5, 5.41) is 27.2. The number of ether oxygens (including phenoxy) is 2. The van der Waals surface area contributed by atoms with Crippen LogP contribution in [-0.4, -0.2) is 56.8 Å². The number of carbonyl (C=O) groups excluding carboxylic acids is 1. The second-order valence-corrected chi connectivity index (χ2v) is 10.4. The highest BCUT2D eigenvalue weighted by molar-refractivity contribution is 7.52. The van der Waals surface area contributed by atoms with E-state index in [1.165, 1.54) is 12.1 Å². The first-order valence-corrected chi connectivity index (χ1v) is 13.5. The zero-order chi connectivity index (χ0) is 29.5. The normalized spacial score (nSPS) is 23.2. The van der Waals surface area contributed by atoms with E-state index in [1.54, 1.807) is 48.5 Å². The summed E-state index contributed by atoms with van der Waals surface area (Å²) in [5.41, 5.74) is 5.77. The smallest absolute Gasteiger partial charge is 0.459 e. The number of benzene rings is 2. The number of aromatic amines is 1. The summed E-state index contributed by atoms with van der Waals surface area (Å²) in [5.74, 6) is -0.728. The Morgan fingerprint density at radius 2 is 1.83 bits per heavy atom. The standard InChI is InChI=1S/C24H25N6O10P/c25-29-28-24(21(34)20(33)22(39-24)30-12-11-18(31)27-23(30)35)15-38-41(36,40-17-9-5-2-6-10-17)26-13-19(32)37-14-16-7-3-1-4-8-16/h1-12,20-22,33-34H,13-15H2,(H,26,36)(H,27,31,35)/t20-,21+,22+,24?,41?/m0/s1. The van der Waals surface area contributed by atoms with E-state index in [9.17, 15) is 34.7 Å². The molecule has 5 atom stereocenters. The van der Waals surface area contributed by atoms with Crippen LogP contribution in [0.3, 0.4) is 0 Å². The number of rotatable bonds is 12. The lowest BCUT2D eigenvalue weighted by Gasteiger charge is -2.28. The van der Waals surface area contributed by atoms with Crippen molar-refractivity contribution in [3.05, 3.63) is 110 Å². The average molecular weight is 588 g/mol. The molecule has 1 aliphatic rings. The Morgan fingerprint density at radius 1 is 1.15 bits per heavy atom. The van der Waals surface area contributed by atoms with Gasteiger partial charge in [-0.25, -0.2) is 14.4 Å². The number of para-hydroxylation sites is 1. The second kappa shape index (κ2) is 12.9. The molecule has 17 heteroatoms. The van der Waals surface area contributed by atoms with Crippen molar-refractivity contribution in [3.63, 3.8) is 0 Å². The number of aliphatic hydroxyl groups is 2. The van der Waals surface area contributed by atoms with Gasteiger partial charge >= 0.3 is 19.4 Å². The van der Waals surface area contributed by atoms with Crippen LogP contribution < -0.4 is 20.9 Å². The first-order valence-electron chi connectivity index (χ1n) is 12.0. The maximum absolute atomic E-state index is 13.7. The molecule has 0 amide bonds. The van der Waals surface area contributed by atoms with E-state index in [4.69, 9.17) is 18.5 Å². The van der Waals surface area contributed by atoms with E-state index in [0.717, 1.165) is 22.4 Å². The highest BCUT2D eigenvalue weighted by Crippen LogP contribution is 2.47. The predicted molar refractivity (Wildman–Crippen MR) is 140 cm³/mol. The molecule has 41 heavy (non-hydrogen) atoms. The predicted octanol–water partition coefficient (Wildman–Crippen LogP) is 1.33. The molecular formula is C24H25N6O10P. The number of aliphatic hydroxyl groups excluding tert-OH is 2. The molecule has 1 saturated heterocycles. The van der Waals surface area contributed by atoms with Crippen molar-refractivity contribution >= 4 is 13.7 Å². The summed E-state index contributed by atoms with van der Waals surface area (Å²) in [6.07, 6.45) is -4.49. The zero-order valence-electron chi connectivity index (χ0n) is 21.2. The molecule has 216 valence electrons. The van der Waals surface area contributed by atoms with Crippen molar-refractivity contribution in [2.45, 2.75) is 30.8 Å². The quantitative estimate of drug-likeness (QED) is 0.0775. The van der Waals surface area contributed by atoms with E-state index in [-0.39, 0.29) is 12.4 Å². The number of azide groups is 1. The van der Waals surface area contributed by atoms with Crippen LogP contribution in [-0.2, 0) is 30.0 Å². The fraction of sp³-hybridized carbons (Fsp3) is 0.292. The molecule has 2 heterocycles. The molecule has 1 fully saturated rings. The lowest BCUT2D eigenvalue weighted by Crippen LogP contribution is -2.45. The Morgan fingerprint density at radius 3 is 2.49 bits per heavy atom. The summed E-state index contributed by atoms with van der Waals surface area (Å²) in [7, 11) is -4.49. The van der Waals surface area contributed by atoms with Crippen LogP contribution in [0, 0.1) is 0 Å². The van der Waals surface area contributed by atoms with Gasteiger partial charge in [0.25, 0.3) is 5.56 Å². The lowest BCUT2D eigenvalue weighted by atomic mass is 10.1. The highest BCUT2D eigenvalue weighted by Gasteiger charge is 2.56. The molecule has 4 N–H and O–H groups in total. The van der Waals surface area contributed by atoms with Gasteiger partial charge in [0.05, 0.1) is 6.61 Å². The van der Waals surface area contributed by atoms with E-state index in [1.807, 2.05) is 4.98 Å². The fourth-order valence-corrected chi connectivity index (χ4v) is 5.06. The zero-order valence-corrected chi connectivity index (χ0v) is 22.1. The molecular weight excluding hydrogens is 563 g/mol. The van der Waals surface area contributed by atoms with Crippen LogP contribution in [0.15, 0.2) is 87.6 Å². The highest BCUT2D eigenvalue weighted by atomic mass is 31.2. The van der Waals surface area contributed by atoms with Crippen molar-refractivity contribution < 1.29 is 38.1 Å². The van der Waals surface area contributed by atoms with Gasteiger partial charge in [-0.3, -0.25) is 23.7 Å². The minimum Gasteiger partial charge on any atom is -0.460 e. The van der Waals surface area contributed by atoms with Gasteiger partial charge in [0.2, 0.25) is 5.72 Å². The van der Waals surface area contributed by atoms with Crippen molar-refractivity contribution in [1.82, 2.24) is 14.6 Å². The van der Waals surface area contributed by atoms with Gasteiger partial charge in [0.15, 0.2) is 6.23 Å². The third-order valence-electron chi connectivity index (χ3n) is 5.81. The number of nitrogens with one attached hydrogen (secondary N) is 2. The van der Waals surface area contributed by atoms with Crippen molar-refractivity contribution in [1.29, 1.82) is 0 Å². The maximum atomic E-state index is 13.7. The number of nitrogens with zero attached hydrogens (tertiary/aromatic N) is 4. The minimum absolute atomic E-state index is 0.0462. The van der Waals surface area contributed by atoms with Crippen LogP contribution in [0.4, 0.5) is 0 Å². The Balaban J connectivity index is 1.52. The first kappa shape index (κ1) is 29.7. The van der Waals surface area contributed by atoms with Gasteiger partial charge in [0.1, 0.15) is 31.1 Å². The van der Waals surface area contributed by atoms with Crippen molar-refractivity contribution in [2.75, 3.05) is 13.2 Å². The van der Waals surface area contributed by atoms with Gasteiger partial charge in [-0.15, -0.1) is 0 Å². The van der Waals surface area contributed by atoms with Crippen LogP contribution in [0.5, 0.6) is 5.75 Å². The first-order chi connectivity index (χ1) is 19.6. The molecule has 2 aromatic carbocycles. The Labute approximate surface area is 231 Å². The minimum atomic E-state index is -4.49. The Bertz CT molecular complexity index is 1560. The molecule has 0 saturated carbocycles. The van der Waals surface area contributed by atoms with Gasteiger partial charge in [-0.05, 0) is 23.2 Å². The maximum Gasteiger partial charge on any atom is 0.459 e. The topological polar surface area (TPSA) is 227 Å². The van der Waals surface area contributed by atoms with Crippen LogP contribution in [0.25, 0.3) is 10.4 Å². The molecule has 4 rings (SSSR count). The number of hydrogen-bond donors (Lipinski definition) is 4. The summed E-state index contributed by atoms with van der Waals surface area (Å²) < 4.78 is 36.1. The van der Waals surface area contributed by atoms with Crippen molar-refractivity contribution in [2.24, 2.45) is 5.11 Å². The van der Waals surface area contributed by atoms with E-state index >= 15 is 0 Å². The Hall–Kier alpha value is -4.27. The lowest BCUT2D eigenvalue weighted by molar-refractivity contribution is -0.143. The number of H-pyrrole nitrogens is 1. The number of carbonyl (C=O) groups is 1. The number of hydrogen-bond acceptors (Lipinski definition) is 11. The third-order valence-corrected chi connectivity index (χ3v) is 7.28. The molecule has 2 unspecified atom stereocenters. The van der Waals surface area contributed by atoms with E-state index < -0.39 is 62.3 Å². The Kier molecular flexibility index (Phi) is 9.37. The molecule has 0 bridgehead atoms. The average Bonchev–Trinajstić information content (AvgIpc) is 3.21. The summed E-state index contributed by atoms with van der Waals surface area (Å²) in [4.78, 5) is 40.6. The van der Waals surface area contributed by atoms with Crippen molar-refractivity contribution in [3.8, 4) is 5.75 Å². The molecule has 0 spiro atoms. The van der Waals surface area contributed by atoms with Gasteiger partial charge < -0.3 is 24.2 Å². The fourth-order valence-electron chi connectivity index (χ4n) is 3.78. The largest absolute Gasteiger partial charge is 0.460 e. The summed E-state index contributed by atoms with van der Waals surface area (Å²) in [6, 6.07) is 17.6. The van der Waals surface area contributed by atoms with Crippen LogP contribution in [0.1, 0.15) is 11.8 Å². The number of aromatic nitrogens is 2. The monoisotopic (exact) mass is 588 g/mol. The molecule has 0 aliphatic carbocycles. The van der Waals surface area contributed by atoms with E-state index in [0.29, 0.717) is 0 Å². The van der Waals surface area contributed by atoms with E-state index in [2.05, 4.69) is 15.1 Å². The molecule has 1 aromatic heterocycles. The van der Waals surface area contributed by atoms with Crippen LogP contribution >= 0.6 is 7.75 Å². The number of esters is 1. The summed E-state index contributed by atoms with van der Waals surface area (Å²) in [6.45, 7) is -1.65. The second-order valence-electron chi connectivity index (χ2n) is 8.65. The molecule has 3 aromatic rings. The van der Waals surface area contributed by atoms with Crippen LogP contribution in [0.2, 0.25) is 0 Å². The molecule has 0 radical (unpaired) electrons. The molecule has 16 nitrogen and oxygen atoms in total.